The zero-order chi connectivity index (χ0) is 11.8. The summed E-state index contributed by atoms with van der Waals surface area (Å²) in [4.78, 5) is 15.8. The highest BCUT2D eigenvalue weighted by Gasteiger charge is 2.05. The Morgan fingerprint density at radius 1 is 1.31 bits per heavy atom. The second-order valence-corrected chi connectivity index (χ2v) is 3.67. The Balaban J connectivity index is 2.30. The van der Waals surface area contributed by atoms with Crippen molar-refractivity contribution in [2.45, 2.75) is 20.3 Å². The molecule has 0 fully saturated rings. The highest BCUT2D eigenvalue weighted by atomic mass is 16.1. The Bertz CT molecular complexity index is 339. The summed E-state index contributed by atoms with van der Waals surface area (Å²) >= 11 is 0. The molecule has 0 atom stereocenters. The molecule has 0 bridgehead atoms. The van der Waals surface area contributed by atoms with Crippen LogP contribution in [0.15, 0.2) is 18.2 Å². The average Bonchev–Trinajstić information content (AvgIpc) is 2.28. The molecule has 4 heteroatoms. The van der Waals surface area contributed by atoms with Gasteiger partial charge in [0.1, 0.15) is 5.69 Å². The molecule has 0 aliphatic heterocycles. The van der Waals surface area contributed by atoms with Crippen LogP contribution in [-0.2, 0) is 0 Å². The standard InChI is InChI=1S/C12H19N3O/c1-3-7-13-8-9-14-12(16)11-6-4-5-10(2)15-11/h4-6,13H,3,7-9H2,1-2H3,(H,14,16). The molecule has 88 valence electrons. The number of pyridine rings is 1. The van der Waals surface area contributed by atoms with Crippen LogP contribution in [0.1, 0.15) is 29.5 Å². The molecule has 0 aliphatic rings. The number of aryl methyl sites for hydroxylation is 1. The van der Waals surface area contributed by atoms with E-state index >= 15 is 0 Å². The summed E-state index contributed by atoms with van der Waals surface area (Å²) in [5.41, 5.74) is 1.34. The van der Waals surface area contributed by atoms with Crippen LogP contribution in [0, 0.1) is 6.92 Å². The van der Waals surface area contributed by atoms with E-state index in [4.69, 9.17) is 0 Å². The zero-order valence-electron chi connectivity index (χ0n) is 9.92. The molecule has 4 nitrogen and oxygen atoms in total. The van der Waals surface area contributed by atoms with E-state index in [0.717, 1.165) is 25.2 Å². The molecule has 0 saturated heterocycles. The van der Waals surface area contributed by atoms with Crippen LogP contribution >= 0.6 is 0 Å². The van der Waals surface area contributed by atoms with Crippen LogP contribution in [0.3, 0.4) is 0 Å². The smallest absolute Gasteiger partial charge is 0.269 e. The summed E-state index contributed by atoms with van der Waals surface area (Å²) in [6.45, 7) is 6.40. The number of hydrogen-bond acceptors (Lipinski definition) is 3. The normalized spacial score (nSPS) is 10.1. The van der Waals surface area contributed by atoms with Crippen LogP contribution < -0.4 is 10.6 Å². The van der Waals surface area contributed by atoms with E-state index in [0.29, 0.717) is 12.2 Å². The van der Waals surface area contributed by atoms with E-state index in [1.54, 1.807) is 6.07 Å². The summed E-state index contributed by atoms with van der Waals surface area (Å²) in [6, 6.07) is 5.44. The van der Waals surface area contributed by atoms with E-state index in [1.807, 2.05) is 19.1 Å². The van der Waals surface area contributed by atoms with Gasteiger partial charge in [-0.2, -0.15) is 0 Å². The first-order valence-corrected chi connectivity index (χ1v) is 5.66. The minimum Gasteiger partial charge on any atom is -0.349 e. The third-order valence-electron chi connectivity index (χ3n) is 2.14. The van der Waals surface area contributed by atoms with Gasteiger partial charge in [0, 0.05) is 18.8 Å². The molecule has 1 aromatic heterocycles. The molecule has 1 rings (SSSR count). The second-order valence-electron chi connectivity index (χ2n) is 3.67. The molecule has 1 aromatic rings. The number of aromatic nitrogens is 1. The first-order chi connectivity index (χ1) is 7.74. The third kappa shape index (κ3) is 4.40. The summed E-state index contributed by atoms with van der Waals surface area (Å²) in [7, 11) is 0. The van der Waals surface area contributed by atoms with Crippen LogP contribution in [-0.4, -0.2) is 30.5 Å². The third-order valence-corrected chi connectivity index (χ3v) is 2.14. The van der Waals surface area contributed by atoms with Gasteiger partial charge < -0.3 is 10.6 Å². The van der Waals surface area contributed by atoms with Crippen molar-refractivity contribution in [3.63, 3.8) is 0 Å². The SMILES string of the molecule is CCCNCCNC(=O)c1cccc(C)n1. The quantitative estimate of drug-likeness (QED) is 0.708. The van der Waals surface area contributed by atoms with Crippen molar-refractivity contribution < 1.29 is 4.79 Å². The highest BCUT2D eigenvalue weighted by Crippen LogP contribution is 1.97. The van der Waals surface area contributed by atoms with Gasteiger partial charge in [-0.25, -0.2) is 4.98 Å². The highest BCUT2D eigenvalue weighted by molar-refractivity contribution is 5.92. The van der Waals surface area contributed by atoms with E-state index in [-0.39, 0.29) is 5.91 Å². The van der Waals surface area contributed by atoms with Gasteiger partial charge in [0.25, 0.3) is 5.91 Å². The Morgan fingerprint density at radius 3 is 2.81 bits per heavy atom. The van der Waals surface area contributed by atoms with Crippen molar-refractivity contribution in [2.75, 3.05) is 19.6 Å². The molecule has 16 heavy (non-hydrogen) atoms. The maximum absolute atomic E-state index is 11.6. The number of amides is 1. The van der Waals surface area contributed by atoms with Gasteiger partial charge in [-0.05, 0) is 32.0 Å². The molecule has 0 spiro atoms. The van der Waals surface area contributed by atoms with Gasteiger partial charge in [0.05, 0.1) is 0 Å². The van der Waals surface area contributed by atoms with Gasteiger partial charge in [0.2, 0.25) is 0 Å². The fourth-order valence-corrected chi connectivity index (χ4v) is 1.33. The largest absolute Gasteiger partial charge is 0.349 e. The van der Waals surface area contributed by atoms with Crippen molar-refractivity contribution in [3.8, 4) is 0 Å². The van der Waals surface area contributed by atoms with Crippen molar-refractivity contribution in [3.05, 3.63) is 29.6 Å². The number of rotatable bonds is 6. The predicted molar refractivity (Wildman–Crippen MR) is 64.5 cm³/mol. The first-order valence-electron chi connectivity index (χ1n) is 5.66. The summed E-state index contributed by atoms with van der Waals surface area (Å²) in [5, 5.41) is 6.04. The maximum atomic E-state index is 11.6. The zero-order valence-corrected chi connectivity index (χ0v) is 9.92. The lowest BCUT2D eigenvalue weighted by Gasteiger charge is -2.05. The minimum absolute atomic E-state index is 0.109. The molecular weight excluding hydrogens is 202 g/mol. The van der Waals surface area contributed by atoms with Crippen molar-refractivity contribution in [1.29, 1.82) is 0 Å². The lowest BCUT2D eigenvalue weighted by atomic mass is 10.3. The summed E-state index contributed by atoms with van der Waals surface area (Å²) < 4.78 is 0. The molecule has 0 aromatic carbocycles. The van der Waals surface area contributed by atoms with E-state index in [9.17, 15) is 4.79 Å². The Kier molecular flexibility index (Phi) is 5.50. The predicted octanol–water partition coefficient (Wildman–Crippen LogP) is 1.12. The Labute approximate surface area is 96.5 Å². The molecule has 0 unspecified atom stereocenters. The van der Waals surface area contributed by atoms with Crippen LogP contribution in [0.4, 0.5) is 0 Å². The lowest BCUT2D eigenvalue weighted by molar-refractivity contribution is 0.0949. The average molecular weight is 221 g/mol. The monoisotopic (exact) mass is 221 g/mol. The van der Waals surface area contributed by atoms with Crippen LogP contribution in [0.2, 0.25) is 0 Å². The number of nitrogens with one attached hydrogen (secondary N) is 2. The molecule has 0 radical (unpaired) electrons. The van der Waals surface area contributed by atoms with Crippen LogP contribution in [0.25, 0.3) is 0 Å². The second kappa shape index (κ2) is 6.95. The van der Waals surface area contributed by atoms with Gasteiger partial charge in [-0.1, -0.05) is 13.0 Å². The fraction of sp³-hybridized carbons (Fsp3) is 0.500. The van der Waals surface area contributed by atoms with E-state index in [2.05, 4.69) is 22.5 Å². The molecule has 2 N–H and O–H groups in total. The van der Waals surface area contributed by atoms with Gasteiger partial charge >= 0.3 is 0 Å². The van der Waals surface area contributed by atoms with Crippen molar-refractivity contribution in [1.82, 2.24) is 15.6 Å². The number of nitrogens with zero attached hydrogens (tertiary/aromatic N) is 1. The van der Waals surface area contributed by atoms with Crippen LogP contribution in [0.5, 0.6) is 0 Å². The molecule has 1 amide bonds. The number of carbonyl (C=O) groups excluding carboxylic acids is 1. The van der Waals surface area contributed by atoms with Crippen molar-refractivity contribution >= 4 is 5.91 Å². The Hall–Kier alpha value is -1.42. The first kappa shape index (κ1) is 12.6. The van der Waals surface area contributed by atoms with Gasteiger partial charge in [-0.15, -0.1) is 0 Å². The van der Waals surface area contributed by atoms with Gasteiger partial charge in [0.15, 0.2) is 0 Å². The Morgan fingerprint density at radius 2 is 2.12 bits per heavy atom. The minimum atomic E-state index is -0.109. The van der Waals surface area contributed by atoms with E-state index < -0.39 is 0 Å². The summed E-state index contributed by atoms with van der Waals surface area (Å²) in [5.74, 6) is -0.109. The lowest BCUT2D eigenvalue weighted by Crippen LogP contribution is -2.32. The number of carbonyl (C=O) groups is 1. The molecular formula is C12H19N3O. The topological polar surface area (TPSA) is 54.0 Å². The summed E-state index contributed by atoms with van der Waals surface area (Å²) in [6.07, 6.45) is 1.10. The molecule has 0 aliphatic carbocycles. The van der Waals surface area contributed by atoms with E-state index in [1.165, 1.54) is 0 Å². The molecule has 0 saturated carbocycles. The molecule has 1 heterocycles. The number of hydrogen-bond donors (Lipinski definition) is 2. The fourth-order valence-electron chi connectivity index (χ4n) is 1.33. The maximum Gasteiger partial charge on any atom is 0.269 e. The van der Waals surface area contributed by atoms with Crippen molar-refractivity contribution in [2.24, 2.45) is 0 Å². The van der Waals surface area contributed by atoms with Gasteiger partial charge in [-0.3, -0.25) is 4.79 Å².